The molecule has 0 saturated carbocycles. The third kappa shape index (κ3) is 2.82. The first-order valence-corrected chi connectivity index (χ1v) is 5.61. The number of benzene rings is 1. The summed E-state index contributed by atoms with van der Waals surface area (Å²) in [6.45, 7) is 2.37. The Morgan fingerprint density at radius 1 is 1.29 bits per heavy atom. The van der Waals surface area contributed by atoms with Gasteiger partial charge in [0.2, 0.25) is 0 Å². The molecule has 90 valence electrons. The average Bonchev–Trinajstić information content (AvgIpc) is 2.29. The van der Waals surface area contributed by atoms with E-state index in [0.29, 0.717) is 24.6 Å². The summed E-state index contributed by atoms with van der Waals surface area (Å²) in [6, 6.07) is 7.57. The van der Waals surface area contributed by atoms with E-state index in [9.17, 15) is 0 Å². The summed E-state index contributed by atoms with van der Waals surface area (Å²) in [5.74, 6) is 0.957. The monoisotopic (exact) mass is 232 g/mol. The summed E-state index contributed by atoms with van der Waals surface area (Å²) < 4.78 is 0. The van der Waals surface area contributed by atoms with Crippen LogP contribution in [-0.2, 0) is 0 Å². The van der Waals surface area contributed by atoms with Gasteiger partial charge in [0.1, 0.15) is 0 Å². The number of nitrogens with two attached hydrogens (primary N) is 1. The van der Waals surface area contributed by atoms with Crippen LogP contribution in [0.4, 0.5) is 11.6 Å². The van der Waals surface area contributed by atoms with Gasteiger partial charge >= 0.3 is 0 Å². The fourth-order valence-electron chi connectivity index (χ4n) is 1.54. The van der Waals surface area contributed by atoms with Gasteiger partial charge in [-0.05, 0) is 25.5 Å². The predicted molar refractivity (Wildman–Crippen MR) is 68.7 cm³/mol. The number of nitrogens with zero attached hydrogens (tertiary/aromatic N) is 2. The predicted octanol–water partition coefficient (Wildman–Crippen LogP) is 1.39. The Bertz CT molecular complexity index is 513. The SMILES string of the molecule is CC(O)CCNc1nc2ccccc2nc1N. The van der Waals surface area contributed by atoms with E-state index < -0.39 is 0 Å². The van der Waals surface area contributed by atoms with Crippen LogP contribution in [0.2, 0.25) is 0 Å². The third-order valence-electron chi connectivity index (χ3n) is 2.45. The molecule has 0 fully saturated rings. The summed E-state index contributed by atoms with van der Waals surface area (Å²) in [6.07, 6.45) is 0.311. The number of rotatable bonds is 4. The van der Waals surface area contributed by atoms with Gasteiger partial charge in [-0.15, -0.1) is 0 Å². The van der Waals surface area contributed by atoms with E-state index in [4.69, 9.17) is 10.8 Å². The minimum Gasteiger partial charge on any atom is -0.393 e. The number of aliphatic hydroxyl groups excluding tert-OH is 1. The molecule has 2 rings (SSSR count). The quantitative estimate of drug-likeness (QED) is 0.742. The topological polar surface area (TPSA) is 84.1 Å². The molecule has 1 atom stereocenters. The Morgan fingerprint density at radius 3 is 2.59 bits per heavy atom. The summed E-state index contributed by atoms with van der Waals surface area (Å²) >= 11 is 0. The van der Waals surface area contributed by atoms with Gasteiger partial charge in [0.15, 0.2) is 11.6 Å². The lowest BCUT2D eigenvalue weighted by Gasteiger charge is -2.09. The molecule has 1 heterocycles. The fourth-order valence-corrected chi connectivity index (χ4v) is 1.54. The van der Waals surface area contributed by atoms with Crippen molar-refractivity contribution in [1.82, 2.24) is 9.97 Å². The van der Waals surface area contributed by atoms with E-state index in [1.54, 1.807) is 6.92 Å². The number of hydrogen-bond donors (Lipinski definition) is 3. The first kappa shape index (κ1) is 11.6. The molecular formula is C12H16N4O. The van der Waals surface area contributed by atoms with Crippen LogP contribution in [0, 0.1) is 0 Å². The van der Waals surface area contributed by atoms with Crippen LogP contribution in [0.1, 0.15) is 13.3 Å². The molecule has 4 N–H and O–H groups in total. The summed E-state index contributed by atoms with van der Waals surface area (Å²) in [5.41, 5.74) is 7.40. The van der Waals surface area contributed by atoms with Crippen LogP contribution in [0.3, 0.4) is 0 Å². The van der Waals surface area contributed by atoms with Crippen molar-refractivity contribution in [1.29, 1.82) is 0 Å². The highest BCUT2D eigenvalue weighted by atomic mass is 16.3. The second kappa shape index (κ2) is 4.97. The van der Waals surface area contributed by atoms with Crippen molar-refractivity contribution in [2.24, 2.45) is 0 Å². The molecule has 0 spiro atoms. The van der Waals surface area contributed by atoms with Crippen molar-refractivity contribution >= 4 is 22.7 Å². The van der Waals surface area contributed by atoms with E-state index >= 15 is 0 Å². The summed E-state index contributed by atoms with van der Waals surface area (Å²) in [4.78, 5) is 8.66. The Labute approximate surface area is 99.7 Å². The lowest BCUT2D eigenvalue weighted by atomic mass is 10.3. The summed E-state index contributed by atoms with van der Waals surface area (Å²) in [7, 11) is 0. The maximum absolute atomic E-state index is 9.16. The Balaban J connectivity index is 2.19. The number of para-hydroxylation sites is 2. The van der Waals surface area contributed by atoms with Gasteiger partial charge in [0, 0.05) is 6.54 Å². The smallest absolute Gasteiger partial charge is 0.169 e. The fraction of sp³-hybridized carbons (Fsp3) is 0.333. The Morgan fingerprint density at radius 2 is 1.94 bits per heavy atom. The molecule has 0 aliphatic carbocycles. The van der Waals surface area contributed by atoms with Crippen LogP contribution in [0.5, 0.6) is 0 Å². The Kier molecular flexibility index (Phi) is 3.39. The zero-order valence-corrected chi connectivity index (χ0v) is 9.72. The van der Waals surface area contributed by atoms with Crippen LogP contribution < -0.4 is 11.1 Å². The van der Waals surface area contributed by atoms with Crippen LogP contribution >= 0.6 is 0 Å². The van der Waals surface area contributed by atoms with Crippen molar-refractivity contribution in [3.63, 3.8) is 0 Å². The molecule has 1 aromatic heterocycles. The zero-order valence-electron chi connectivity index (χ0n) is 9.72. The number of fused-ring (bicyclic) bond motifs is 1. The normalized spacial score (nSPS) is 12.6. The standard InChI is InChI=1S/C12H16N4O/c1-8(17)6-7-14-12-11(13)15-9-4-2-3-5-10(9)16-12/h2-5,8,17H,6-7H2,1H3,(H2,13,15)(H,14,16). The van der Waals surface area contributed by atoms with Gasteiger partial charge in [0.05, 0.1) is 17.1 Å². The number of nitrogens with one attached hydrogen (secondary N) is 1. The zero-order chi connectivity index (χ0) is 12.3. The van der Waals surface area contributed by atoms with Gasteiger partial charge in [-0.1, -0.05) is 12.1 Å². The van der Waals surface area contributed by atoms with Crippen LogP contribution in [-0.4, -0.2) is 27.7 Å². The van der Waals surface area contributed by atoms with E-state index in [0.717, 1.165) is 11.0 Å². The number of hydrogen-bond acceptors (Lipinski definition) is 5. The highest BCUT2D eigenvalue weighted by Crippen LogP contribution is 2.18. The minimum atomic E-state index is -0.336. The Hall–Kier alpha value is -1.88. The molecular weight excluding hydrogens is 216 g/mol. The molecule has 2 aromatic rings. The second-order valence-corrected chi connectivity index (χ2v) is 4.01. The van der Waals surface area contributed by atoms with E-state index in [1.165, 1.54) is 0 Å². The molecule has 0 aliphatic rings. The van der Waals surface area contributed by atoms with Crippen molar-refractivity contribution in [3.8, 4) is 0 Å². The second-order valence-electron chi connectivity index (χ2n) is 4.01. The number of anilines is 2. The molecule has 0 saturated heterocycles. The first-order chi connectivity index (χ1) is 8.16. The molecule has 0 aliphatic heterocycles. The van der Waals surface area contributed by atoms with E-state index in [-0.39, 0.29) is 6.10 Å². The molecule has 0 bridgehead atoms. The highest BCUT2D eigenvalue weighted by molar-refractivity contribution is 5.79. The van der Waals surface area contributed by atoms with Gasteiger partial charge in [-0.3, -0.25) is 0 Å². The number of nitrogen functional groups attached to an aromatic ring is 1. The molecule has 5 heteroatoms. The van der Waals surface area contributed by atoms with Crippen molar-refractivity contribution < 1.29 is 5.11 Å². The van der Waals surface area contributed by atoms with Gasteiger partial charge in [0.25, 0.3) is 0 Å². The largest absolute Gasteiger partial charge is 0.393 e. The molecule has 1 unspecified atom stereocenters. The van der Waals surface area contributed by atoms with E-state index in [2.05, 4.69) is 15.3 Å². The number of aromatic nitrogens is 2. The molecule has 0 amide bonds. The summed E-state index contributed by atoms with van der Waals surface area (Å²) in [5, 5.41) is 12.2. The maximum Gasteiger partial charge on any atom is 0.169 e. The third-order valence-corrected chi connectivity index (χ3v) is 2.45. The van der Waals surface area contributed by atoms with Gasteiger partial charge in [-0.25, -0.2) is 9.97 Å². The highest BCUT2D eigenvalue weighted by Gasteiger charge is 2.05. The van der Waals surface area contributed by atoms with Crippen LogP contribution in [0.15, 0.2) is 24.3 Å². The van der Waals surface area contributed by atoms with E-state index in [1.807, 2.05) is 24.3 Å². The van der Waals surface area contributed by atoms with Crippen molar-refractivity contribution in [3.05, 3.63) is 24.3 Å². The molecule has 1 aromatic carbocycles. The molecule has 5 nitrogen and oxygen atoms in total. The van der Waals surface area contributed by atoms with Crippen molar-refractivity contribution in [2.75, 3.05) is 17.6 Å². The average molecular weight is 232 g/mol. The minimum absolute atomic E-state index is 0.336. The molecule has 17 heavy (non-hydrogen) atoms. The number of aliphatic hydroxyl groups is 1. The molecule has 0 radical (unpaired) electrons. The van der Waals surface area contributed by atoms with Gasteiger partial charge in [-0.2, -0.15) is 0 Å². The lowest BCUT2D eigenvalue weighted by Crippen LogP contribution is -2.12. The lowest BCUT2D eigenvalue weighted by molar-refractivity contribution is 0.188. The van der Waals surface area contributed by atoms with Gasteiger partial charge < -0.3 is 16.2 Å². The maximum atomic E-state index is 9.16. The van der Waals surface area contributed by atoms with Crippen LogP contribution in [0.25, 0.3) is 11.0 Å². The first-order valence-electron chi connectivity index (χ1n) is 5.61. The van der Waals surface area contributed by atoms with Crippen molar-refractivity contribution in [2.45, 2.75) is 19.4 Å².